The van der Waals surface area contributed by atoms with E-state index in [0.29, 0.717) is 13.0 Å². The Bertz CT molecular complexity index is 723. The molecule has 0 aliphatic carbocycles. The van der Waals surface area contributed by atoms with Gasteiger partial charge in [0.15, 0.2) is 0 Å². The van der Waals surface area contributed by atoms with Crippen LogP contribution in [0.5, 0.6) is 0 Å². The standard InChI is InChI=1S/C20H21BrO4/c1-14(2)13-25-20(23)18-6-4-3-5-17(18)19(22)24-12-11-15-7-9-16(21)10-8-15/h3-10,14H,11-13H2,1-2H3. The Labute approximate surface area is 156 Å². The zero-order chi connectivity index (χ0) is 18.2. The minimum atomic E-state index is -0.519. The summed E-state index contributed by atoms with van der Waals surface area (Å²) in [6.07, 6.45) is 0.610. The van der Waals surface area contributed by atoms with E-state index in [4.69, 9.17) is 9.47 Å². The predicted molar refractivity (Wildman–Crippen MR) is 99.7 cm³/mol. The molecule has 0 saturated heterocycles. The molecule has 0 saturated carbocycles. The Kier molecular flexibility index (Phi) is 7.19. The van der Waals surface area contributed by atoms with Gasteiger partial charge in [-0.1, -0.05) is 54.0 Å². The van der Waals surface area contributed by atoms with Crippen LogP contribution in [0, 0.1) is 5.92 Å². The molecule has 0 N–H and O–H groups in total. The molecule has 2 aromatic rings. The summed E-state index contributed by atoms with van der Waals surface area (Å²) in [5.74, 6) is -0.794. The normalized spacial score (nSPS) is 10.6. The highest BCUT2D eigenvalue weighted by atomic mass is 79.9. The summed E-state index contributed by atoms with van der Waals surface area (Å²) < 4.78 is 11.5. The summed E-state index contributed by atoms with van der Waals surface area (Å²) in [7, 11) is 0. The van der Waals surface area contributed by atoms with E-state index < -0.39 is 11.9 Å². The fourth-order valence-corrected chi connectivity index (χ4v) is 2.41. The van der Waals surface area contributed by atoms with Crippen LogP contribution in [-0.2, 0) is 15.9 Å². The van der Waals surface area contributed by atoms with Crippen LogP contribution in [0.1, 0.15) is 40.1 Å². The second kappa shape index (κ2) is 9.37. The van der Waals surface area contributed by atoms with Gasteiger partial charge in [-0.3, -0.25) is 0 Å². The van der Waals surface area contributed by atoms with Gasteiger partial charge in [-0.05, 0) is 35.7 Å². The lowest BCUT2D eigenvalue weighted by Gasteiger charge is -2.11. The van der Waals surface area contributed by atoms with E-state index in [1.54, 1.807) is 24.3 Å². The number of halogens is 1. The third kappa shape index (κ3) is 6.02. The summed E-state index contributed by atoms with van der Waals surface area (Å²) >= 11 is 3.38. The van der Waals surface area contributed by atoms with Crippen LogP contribution in [0.2, 0.25) is 0 Å². The van der Waals surface area contributed by atoms with Crippen molar-refractivity contribution in [2.24, 2.45) is 5.92 Å². The molecule has 132 valence electrons. The van der Waals surface area contributed by atoms with Crippen LogP contribution >= 0.6 is 15.9 Å². The van der Waals surface area contributed by atoms with Gasteiger partial charge in [-0.25, -0.2) is 9.59 Å². The monoisotopic (exact) mass is 404 g/mol. The van der Waals surface area contributed by atoms with Gasteiger partial charge in [0.05, 0.1) is 24.3 Å². The predicted octanol–water partition coefficient (Wildman–Crippen LogP) is 4.66. The Balaban J connectivity index is 1.96. The highest BCUT2D eigenvalue weighted by molar-refractivity contribution is 9.10. The van der Waals surface area contributed by atoms with Gasteiger partial charge in [-0.2, -0.15) is 0 Å². The number of ether oxygens (including phenoxy) is 2. The molecule has 0 aromatic heterocycles. The van der Waals surface area contributed by atoms with Crippen molar-refractivity contribution >= 4 is 27.9 Å². The second-order valence-electron chi connectivity index (χ2n) is 6.05. The fraction of sp³-hybridized carbons (Fsp3) is 0.300. The molecular weight excluding hydrogens is 384 g/mol. The van der Waals surface area contributed by atoms with E-state index in [1.807, 2.05) is 38.1 Å². The number of carbonyl (C=O) groups excluding carboxylic acids is 2. The van der Waals surface area contributed by atoms with Gasteiger partial charge in [0.1, 0.15) is 0 Å². The molecule has 0 radical (unpaired) electrons. The van der Waals surface area contributed by atoms with Crippen molar-refractivity contribution < 1.29 is 19.1 Å². The lowest BCUT2D eigenvalue weighted by atomic mass is 10.1. The molecule has 0 atom stereocenters. The molecule has 0 heterocycles. The van der Waals surface area contributed by atoms with E-state index in [-0.39, 0.29) is 23.7 Å². The first-order chi connectivity index (χ1) is 12.0. The SMILES string of the molecule is CC(C)COC(=O)c1ccccc1C(=O)OCCc1ccc(Br)cc1. The smallest absolute Gasteiger partial charge is 0.339 e. The molecule has 25 heavy (non-hydrogen) atoms. The van der Waals surface area contributed by atoms with Gasteiger partial charge in [0.25, 0.3) is 0 Å². The number of hydrogen-bond acceptors (Lipinski definition) is 4. The maximum absolute atomic E-state index is 12.3. The molecule has 0 unspecified atom stereocenters. The van der Waals surface area contributed by atoms with Crippen molar-refractivity contribution in [1.29, 1.82) is 0 Å². The number of benzene rings is 2. The highest BCUT2D eigenvalue weighted by Crippen LogP contribution is 2.14. The third-order valence-corrected chi connectivity index (χ3v) is 3.98. The van der Waals surface area contributed by atoms with Crippen LogP contribution in [-0.4, -0.2) is 25.2 Å². The van der Waals surface area contributed by atoms with E-state index >= 15 is 0 Å². The Morgan fingerprint density at radius 3 is 2.04 bits per heavy atom. The number of rotatable bonds is 7. The number of hydrogen-bond donors (Lipinski definition) is 0. The van der Waals surface area contributed by atoms with Gasteiger partial charge in [0, 0.05) is 10.9 Å². The second-order valence-corrected chi connectivity index (χ2v) is 6.97. The van der Waals surface area contributed by atoms with Gasteiger partial charge < -0.3 is 9.47 Å². The van der Waals surface area contributed by atoms with Crippen molar-refractivity contribution in [3.05, 3.63) is 69.7 Å². The summed E-state index contributed by atoms with van der Waals surface area (Å²) in [6.45, 7) is 4.47. The highest BCUT2D eigenvalue weighted by Gasteiger charge is 2.19. The first-order valence-corrected chi connectivity index (χ1v) is 8.94. The van der Waals surface area contributed by atoms with Crippen molar-refractivity contribution in [2.75, 3.05) is 13.2 Å². The lowest BCUT2D eigenvalue weighted by Crippen LogP contribution is -2.16. The van der Waals surface area contributed by atoms with Crippen LogP contribution in [0.25, 0.3) is 0 Å². The van der Waals surface area contributed by atoms with Gasteiger partial charge in [-0.15, -0.1) is 0 Å². The molecule has 2 aromatic carbocycles. The first kappa shape index (κ1) is 19.2. The van der Waals surface area contributed by atoms with Crippen molar-refractivity contribution in [3.63, 3.8) is 0 Å². The molecule has 2 rings (SSSR count). The average molecular weight is 405 g/mol. The Hall–Kier alpha value is -2.14. The molecule has 5 heteroatoms. The topological polar surface area (TPSA) is 52.6 Å². The van der Waals surface area contributed by atoms with E-state index in [1.165, 1.54) is 0 Å². The third-order valence-electron chi connectivity index (χ3n) is 3.45. The summed E-state index contributed by atoms with van der Waals surface area (Å²) in [4.78, 5) is 24.5. The maximum atomic E-state index is 12.3. The molecule has 0 amide bonds. The molecule has 0 fully saturated rings. The molecule has 0 bridgehead atoms. The maximum Gasteiger partial charge on any atom is 0.339 e. The lowest BCUT2D eigenvalue weighted by molar-refractivity contribution is 0.0431. The van der Waals surface area contributed by atoms with Gasteiger partial charge in [0.2, 0.25) is 0 Å². The quantitative estimate of drug-likeness (QED) is 0.629. The van der Waals surface area contributed by atoms with Crippen LogP contribution < -0.4 is 0 Å². The molecule has 0 spiro atoms. The minimum Gasteiger partial charge on any atom is -0.462 e. The molecule has 4 nitrogen and oxygen atoms in total. The molecule has 0 aliphatic rings. The van der Waals surface area contributed by atoms with E-state index in [2.05, 4.69) is 15.9 Å². The number of carbonyl (C=O) groups is 2. The van der Waals surface area contributed by atoms with Crippen LogP contribution in [0.3, 0.4) is 0 Å². The van der Waals surface area contributed by atoms with E-state index in [9.17, 15) is 9.59 Å². The van der Waals surface area contributed by atoms with Crippen molar-refractivity contribution in [3.8, 4) is 0 Å². The zero-order valence-electron chi connectivity index (χ0n) is 14.3. The van der Waals surface area contributed by atoms with Crippen molar-refractivity contribution in [1.82, 2.24) is 0 Å². The summed E-state index contributed by atoms with van der Waals surface area (Å²) in [5.41, 5.74) is 1.53. The number of esters is 2. The largest absolute Gasteiger partial charge is 0.462 e. The van der Waals surface area contributed by atoms with E-state index in [0.717, 1.165) is 10.0 Å². The van der Waals surface area contributed by atoms with Crippen LogP contribution in [0.15, 0.2) is 53.0 Å². The summed E-state index contributed by atoms with van der Waals surface area (Å²) in [5, 5.41) is 0. The zero-order valence-corrected chi connectivity index (χ0v) is 15.9. The van der Waals surface area contributed by atoms with Crippen molar-refractivity contribution in [2.45, 2.75) is 20.3 Å². The van der Waals surface area contributed by atoms with Crippen LogP contribution in [0.4, 0.5) is 0 Å². The molecular formula is C20H21BrO4. The summed E-state index contributed by atoms with van der Waals surface area (Å²) in [6, 6.07) is 14.4. The minimum absolute atomic E-state index is 0.229. The molecule has 0 aliphatic heterocycles. The first-order valence-electron chi connectivity index (χ1n) is 8.15. The Morgan fingerprint density at radius 1 is 0.920 bits per heavy atom. The average Bonchev–Trinajstić information content (AvgIpc) is 2.61. The Morgan fingerprint density at radius 2 is 1.48 bits per heavy atom. The van der Waals surface area contributed by atoms with Gasteiger partial charge >= 0.3 is 11.9 Å². The fourth-order valence-electron chi connectivity index (χ4n) is 2.15.